The van der Waals surface area contributed by atoms with Gasteiger partial charge in [-0.25, -0.2) is 4.79 Å². The molecule has 0 radical (unpaired) electrons. The zero-order valence-electron chi connectivity index (χ0n) is 11.0. The van der Waals surface area contributed by atoms with E-state index in [4.69, 9.17) is 4.74 Å². The minimum atomic E-state index is -0.483. The van der Waals surface area contributed by atoms with Crippen molar-refractivity contribution in [2.24, 2.45) is 0 Å². The summed E-state index contributed by atoms with van der Waals surface area (Å²) in [5.74, 6) is -0.801. The van der Waals surface area contributed by atoms with E-state index in [-0.39, 0.29) is 12.5 Å². The van der Waals surface area contributed by atoms with Crippen LogP contribution in [0.15, 0.2) is 24.5 Å². The highest BCUT2D eigenvalue weighted by molar-refractivity contribution is 7.11. The SMILES string of the molecule is CCOC(=O)c1c(C)nsc1NC(=O)c1ccncc1. The number of anilines is 1. The molecule has 0 unspecified atom stereocenters. The van der Waals surface area contributed by atoms with Crippen LogP contribution in [0.25, 0.3) is 0 Å². The van der Waals surface area contributed by atoms with Crippen LogP contribution in [-0.4, -0.2) is 27.8 Å². The smallest absolute Gasteiger partial charge is 0.343 e. The zero-order valence-corrected chi connectivity index (χ0v) is 11.9. The maximum Gasteiger partial charge on any atom is 0.343 e. The second-order valence-corrected chi connectivity index (χ2v) is 4.66. The molecule has 0 spiro atoms. The van der Waals surface area contributed by atoms with E-state index >= 15 is 0 Å². The summed E-state index contributed by atoms with van der Waals surface area (Å²) in [6.45, 7) is 3.69. The van der Waals surface area contributed by atoms with E-state index in [0.717, 1.165) is 11.5 Å². The van der Waals surface area contributed by atoms with E-state index in [1.54, 1.807) is 26.0 Å². The lowest BCUT2D eigenvalue weighted by atomic mass is 10.2. The molecule has 0 fully saturated rings. The molecule has 0 bridgehead atoms. The van der Waals surface area contributed by atoms with Crippen molar-refractivity contribution in [3.8, 4) is 0 Å². The molecule has 1 N–H and O–H groups in total. The molecule has 2 aromatic rings. The fourth-order valence-electron chi connectivity index (χ4n) is 1.58. The predicted molar refractivity (Wildman–Crippen MR) is 75.0 cm³/mol. The first kappa shape index (κ1) is 14.1. The van der Waals surface area contributed by atoms with Crippen LogP contribution in [0, 0.1) is 6.92 Å². The highest BCUT2D eigenvalue weighted by Crippen LogP contribution is 2.25. The normalized spacial score (nSPS) is 10.1. The number of amides is 1. The number of hydrogen-bond acceptors (Lipinski definition) is 6. The molecular weight excluding hydrogens is 278 g/mol. The first-order valence-corrected chi connectivity index (χ1v) is 6.75. The molecule has 2 rings (SSSR count). The molecule has 0 saturated heterocycles. The van der Waals surface area contributed by atoms with E-state index in [2.05, 4.69) is 14.7 Å². The molecule has 20 heavy (non-hydrogen) atoms. The molecular formula is C13H13N3O3S. The summed E-state index contributed by atoms with van der Waals surface area (Å²) in [5.41, 5.74) is 1.30. The van der Waals surface area contributed by atoms with E-state index < -0.39 is 5.97 Å². The summed E-state index contributed by atoms with van der Waals surface area (Å²) in [7, 11) is 0. The fraction of sp³-hybridized carbons (Fsp3) is 0.231. The molecule has 6 nitrogen and oxygen atoms in total. The van der Waals surface area contributed by atoms with Gasteiger partial charge in [0.1, 0.15) is 10.6 Å². The average molecular weight is 291 g/mol. The average Bonchev–Trinajstić information content (AvgIpc) is 2.81. The minimum Gasteiger partial charge on any atom is -0.462 e. The lowest BCUT2D eigenvalue weighted by molar-refractivity contribution is 0.0527. The number of aryl methyl sites for hydroxylation is 1. The molecule has 0 aliphatic carbocycles. The monoisotopic (exact) mass is 291 g/mol. The van der Waals surface area contributed by atoms with Crippen LogP contribution < -0.4 is 5.32 Å². The lowest BCUT2D eigenvalue weighted by Gasteiger charge is -2.05. The van der Waals surface area contributed by atoms with Gasteiger partial charge in [-0.1, -0.05) is 0 Å². The number of carbonyl (C=O) groups excluding carboxylic acids is 2. The van der Waals surface area contributed by atoms with Gasteiger partial charge in [0.25, 0.3) is 5.91 Å². The summed E-state index contributed by atoms with van der Waals surface area (Å²) in [6.07, 6.45) is 3.05. The molecule has 0 aliphatic rings. The number of nitrogens with one attached hydrogen (secondary N) is 1. The number of rotatable bonds is 4. The van der Waals surface area contributed by atoms with E-state index in [0.29, 0.717) is 21.8 Å². The molecule has 2 aromatic heterocycles. The van der Waals surface area contributed by atoms with Gasteiger partial charge in [0.15, 0.2) is 0 Å². The number of carbonyl (C=O) groups is 2. The maximum absolute atomic E-state index is 12.0. The molecule has 1 amide bonds. The Morgan fingerprint density at radius 1 is 1.35 bits per heavy atom. The predicted octanol–water partition coefficient (Wildman–Crippen LogP) is 2.28. The van der Waals surface area contributed by atoms with Gasteiger partial charge in [0.2, 0.25) is 0 Å². The third kappa shape index (κ3) is 3.00. The third-order valence-electron chi connectivity index (χ3n) is 2.51. The standard InChI is InChI=1S/C13H13N3O3S/c1-3-19-13(18)10-8(2)16-20-12(10)15-11(17)9-4-6-14-7-5-9/h4-7H,3H2,1-2H3,(H,15,17). The number of esters is 1. The number of nitrogens with zero attached hydrogens (tertiary/aromatic N) is 2. The van der Waals surface area contributed by atoms with Crippen molar-refractivity contribution in [3.63, 3.8) is 0 Å². The highest BCUT2D eigenvalue weighted by atomic mass is 32.1. The van der Waals surface area contributed by atoms with Gasteiger partial charge in [-0.05, 0) is 37.5 Å². The number of pyridine rings is 1. The zero-order chi connectivity index (χ0) is 14.5. The highest BCUT2D eigenvalue weighted by Gasteiger charge is 2.21. The van der Waals surface area contributed by atoms with Crippen LogP contribution in [0.1, 0.15) is 33.3 Å². The Bertz CT molecular complexity index is 625. The van der Waals surface area contributed by atoms with Gasteiger partial charge in [0.05, 0.1) is 12.3 Å². The van der Waals surface area contributed by atoms with Crippen molar-refractivity contribution in [3.05, 3.63) is 41.3 Å². The first-order chi connectivity index (χ1) is 9.63. The summed E-state index contributed by atoms with van der Waals surface area (Å²) < 4.78 is 9.04. The van der Waals surface area contributed by atoms with Gasteiger partial charge < -0.3 is 10.1 Å². The Hall–Kier alpha value is -2.28. The number of aromatic nitrogens is 2. The Morgan fingerprint density at radius 3 is 2.70 bits per heavy atom. The van der Waals surface area contributed by atoms with Gasteiger partial charge in [0, 0.05) is 18.0 Å². The Morgan fingerprint density at radius 2 is 2.05 bits per heavy atom. The molecule has 0 saturated carbocycles. The topological polar surface area (TPSA) is 81.2 Å². The van der Waals surface area contributed by atoms with Crippen LogP contribution in [0.4, 0.5) is 5.00 Å². The largest absolute Gasteiger partial charge is 0.462 e. The fourth-order valence-corrected chi connectivity index (χ4v) is 2.36. The van der Waals surface area contributed by atoms with Gasteiger partial charge in [-0.2, -0.15) is 4.37 Å². The van der Waals surface area contributed by atoms with Gasteiger partial charge >= 0.3 is 5.97 Å². The summed E-state index contributed by atoms with van der Waals surface area (Å²) in [6, 6.07) is 3.18. The summed E-state index contributed by atoms with van der Waals surface area (Å²) in [4.78, 5) is 27.7. The van der Waals surface area contributed by atoms with Crippen LogP contribution in [-0.2, 0) is 4.74 Å². The summed E-state index contributed by atoms with van der Waals surface area (Å²) >= 11 is 1.05. The van der Waals surface area contributed by atoms with Crippen molar-refractivity contribution in [1.29, 1.82) is 0 Å². The third-order valence-corrected chi connectivity index (χ3v) is 3.37. The Labute approximate surface area is 120 Å². The molecule has 0 atom stereocenters. The van der Waals surface area contributed by atoms with Crippen molar-refractivity contribution in [2.45, 2.75) is 13.8 Å². The van der Waals surface area contributed by atoms with Crippen LogP contribution in [0.2, 0.25) is 0 Å². The van der Waals surface area contributed by atoms with Gasteiger partial charge in [-0.15, -0.1) is 0 Å². The Balaban J connectivity index is 2.22. The van der Waals surface area contributed by atoms with Crippen LogP contribution in [0.3, 0.4) is 0 Å². The lowest BCUT2D eigenvalue weighted by Crippen LogP contribution is -2.14. The molecule has 2 heterocycles. The number of hydrogen-bond donors (Lipinski definition) is 1. The second-order valence-electron chi connectivity index (χ2n) is 3.88. The van der Waals surface area contributed by atoms with E-state index in [1.807, 2.05) is 0 Å². The number of ether oxygens (including phenoxy) is 1. The Kier molecular flexibility index (Phi) is 4.41. The van der Waals surface area contributed by atoms with E-state index in [9.17, 15) is 9.59 Å². The first-order valence-electron chi connectivity index (χ1n) is 5.98. The van der Waals surface area contributed by atoms with Crippen molar-refractivity contribution in [1.82, 2.24) is 9.36 Å². The van der Waals surface area contributed by atoms with Crippen molar-refractivity contribution in [2.75, 3.05) is 11.9 Å². The van der Waals surface area contributed by atoms with Gasteiger partial charge in [-0.3, -0.25) is 9.78 Å². The second kappa shape index (κ2) is 6.25. The summed E-state index contributed by atoms with van der Waals surface area (Å²) in [5, 5.41) is 3.07. The maximum atomic E-state index is 12.0. The quantitative estimate of drug-likeness (QED) is 0.874. The minimum absolute atomic E-state index is 0.270. The van der Waals surface area contributed by atoms with Crippen LogP contribution >= 0.6 is 11.5 Å². The molecule has 0 aromatic carbocycles. The molecule has 0 aliphatic heterocycles. The van der Waals surface area contributed by atoms with Crippen LogP contribution in [0.5, 0.6) is 0 Å². The molecule has 104 valence electrons. The van der Waals surface area contributed by atoms with Crippen molar-refractivity contribution >= 4 is 28.4 Å². The van der Waals surface area contributed by atoms with E-state index in [1.165, 1.54) is 12.4 Å². The van der Waals surface area contributed by atoms with Crippen molar-refractivity contribution < 1.29 is 14.3 Å². The molecule has 7 heteroatoms.